The van der Waals surface area contributed by atoms with Crippen molar-refractivity contribution in [1.29, 1.82) is 0 Å². The van der Waals surface area contributed by atoms with Gasteiger partial charge in [0.1, 0.15) is 11.5 Å². The summed E-state index contributed by atoms with van der Waals surface area (Å²) < 4.78 is 14.6. The van der Waals surface area contributed by atoms with Crippen LogP contribution in [0.3, 0.4) is 0 Å². The maximum absolute atomic E-state index is 13.4. The number of aromatic nitrogens is 2. The molecule has 0 unspecified atom stereocenters. The first-order valence-corrected chi connectivity index (χ1v) is 8.20. The van der Waals surface area contributed by atoms with Crippen molar-refractivity contribution in [2.24, 2.45) is 0 Å². The van der Waals surface area contributed by atoms with Gasteiger partial charge in [-0.1, -0.05) is 18.2 Å². The topological polar surface area (TPSA) is 107 Å². The van der Waals surface area contributed by atoms with Crippen molar-refractivity contribution in [2.75, 3.05) is 5.32 Å². The molecule has 8 nitrogen and oxygen atoms in total. The summed E-state index contributed by atoms with van der Waals surface area (Å²) in [5.41, 5.74) is -0.121. The van der Waals surface area contributed by atoms with Crippen molar-refractivity contribution in [1.82, 2.24) is 9.78 Å². The van der Waals surface area contributed by atoms with Crippen LogP contribution < -0.4 is 10.7 Å². The summed E-state index contributed by atoms with van der Waals surface area (Å²) in [6, 6.07) is 10.9. The predicted molar refractivity (Wildman–Crippen MR) is 100 cm³/mol. The van der Waals surface area contributed by atoms with Crippen LogP contribution in [0.15, 0.2) is 53.3 Å². The maximum atomic E-state index is 13.4. The predicted octanol–water partition coefficient (Wildman–Crippen LogP) is 3.15. The summed E-state index contributed by atoms with van der Waals surface area (Å²) in [5, 5.41) is 17.8. The molecule has 0 aliphatic rings. The molecule has 2 aromatic carbocycles. The molecule has 0 saturated heterocycles. The van der Waals surface area contributed by atoms with Gasteiger partial charge in [0, 0.05) is 23.5 Å². The number of halogens is 1. The van der Waals surface area contributed by atoms with Crippen LogP contribution in [0.1, 0.15) is 21.7 Å². The Morgan fingerprint density at radius 3 is 2.61 bits per heavy atom. The van der Waals surface area contributed by atoms with Gasteiger partial charge in [-0.3, -0.25) is 19.7 Å². The highest BCUT2D eigenvalue weighted by atomic mass is 19.1. The molecule has 1 aromatic heterocycles. The van der Waals surface area contributed by atoms with Gasteiger partial charge >= 0.3 is 0 Å². The smallest absolute Gasteiger partial charge is 0.294 e. The maximum Gasteiger partial charge on any atom is 0.294 e. The molecule has 0 aliphatic carbocycles. The Balaban J connectivity index is 2.08. The standard InChI is InChI=1S/C19H15FN4O4/c1-11-7-8-13(20)10-14(11)21-19(26)18-17(25)9-12(2)23(22-18)15-5-3-4-6-16(15)24(27)28/h3-10H,1-2H3,(H,21,26). The van der Waals surface area contributed by atoms with Gasteiger partial charge in [0.05, 0.1) is 4.92 Å². The molecule has 0 spiro atoms. The van der Waals surface area contributed by atoms with Crippen molar-refractivity contribution < 1.29 is 14.1 Å². The van der Waals surface area contributed by atoms with E-state index in [9.17, 15) is 24.1 Å². The Bertz CT molecular complexity index is 1160. The van der Waals surface area contributed by atoms with Crippen molar-refractivity contribution >= 4 is 17.3 Å². The van der Waals surface area contributed by atoms with Gasteiger partial charge in [-0.15, -0.1) is 0 Å². The van der Waals surface area contributed by atoms with E-state index >= 15 is 0 Å². The fourth-order valence-electron chi connectivity index (χ4n) is 2.66. The highest BCUT2D eigenvalue weighted by Gasteiger charge is 2.20. The van der Waals surface area contributed by atoms with E-state index in [1.807, 2.05) is 0 Å². The minimum atomic E-state index is -0.842. The van der Waals surface area contributed by atoms with Crippen molar-refractivity contribution in [3.05, 3.63) is 91.6 Å². The lowest BCUT2D eigenvalue weighted by Gasteiger charge is -2.12. The van der Waals surface area contributed by atoms with E-state index in [0.717, 1.165) is 16.8 Å². The van der Waals surface area contributed by atoms with Crippen molar-refractivity contribution in [3.63, 3.8) is 0 Å². The molecule has 0 fully saturated rings. The highest BCUT2D eigenvalue weighted by Crippen LogP contribution is 2.22. The summed E-state index contributed by atoms with van der Waals surface area (Å²) >= 11 is 0. The zero-order valence-electron chi connectivity index (χ0n) is 15.0. The molecule has 9 heteroatoms. The van der Waals surface area contributed by atoms with Gasteiger partial charge in [0.15, 0.2) is 5.69 Å². The van der Waals surface area contributed by atoms with Crippen LogP contribution in [0.5, 0.6) is 0 Å². The number of carbonyl (C=O) groups is 1. The first-order valence-electron chi connectivity index (χ1n) is 8.20. The van der Waals surface area contributed by atoms with Gasteiger partial charge in [-0.05, 0) is 37.6 Å². The van der Waals surface area contributed by atoms with Crippen LogP contribution in [-0.4, -0.2) is 20.6 Å². The number of benzene rings is 2. The Kier molecular flexibility index (Phi) is 4.99. The quantitative estimate of drug-likeness (QED) is 0.551. The van der Waals surface area contributed by atoms with Crippen LogP contribution in [-0.2, 0) is 0 Å². The van der Waals surface area contributed by atoms with Gasteiger partial charge in [0.25, 0.3) is 11.6 Å². The minimum Gasteiger partial charge on any atom is -0.320 e. The average molecular weight is 382 g/mol. The van der Waals surface area contributed by atoms with Gasteiger partial charge in [-0.2, -0.15) is 5.10 Å². The molecule has 1 amide bonds. The third-order valence-corrected chi connectivity index (χ3v) is 4.08. The van der Waals surface area contributed by atoms with Crippen LogP contribution in [0.4, 0.5) is 15.8 Å². The van der Waals surface area contributed by atoms with Gasteiger partial charge in [0.2, 0.25) is 5.43 Å². The number of hydrogen-bond donors (Lipinski definition) is 1. The second-order valence-corrected chi connectivity index (χ2v) is 6.07. The number of aryl methyl sites for hydroxylation is 2. The molecule has 0 radical (unpaired) electrons. The van der Waals surface area contributed by atoms with E-state index in [0.29, 0.717) is 11.3 Å². The number of carbonyl (C=O) groups excluding carboxylic acids is 1. The monoisotopic (exact) mass is 382 g/mol. The second kappa shape index (κ2) is 7.39. The number of hydrogen-bond acceptors (Lipinski definition) is 5. The number of rotatable bonds is 4. The lowest BCUT2D eigenvalue weighted by Crippen LogP contribution is -2.27. The van der Waals surface area contributed by atoms with Crippen LogP contribution in [0.2, 0.25) is 0 Å². The minimum absolute atomic E-state index is 0.112. The number of nitrogens with zero attached hydrogens (tertiary/aromatic N) is 3. The Labute approximate surface area is 158 Å². The molecule has 1 heterocycles. The number of anilines is 1. The Morgan fingerprint density at radius 1 is 1.18 bits per heavy atom. The largest absolute Gasteiger partial charge is 0.320 e. The molecule has 0 saturated carbocycles. The van der Waals surface area contributed by atoms with E-state index in [2.05, 4.69) is 10.4 Å². The van der Waals surface area contributed by atoms with E-state index in [4.69, 9.17) is 0 Å². The molecule has 0 bridgehead atoms. The molecular weight excluding hydrogens is 367 g/mol. The van der Waals surface area contributed by atoms with Crippen molar-refractivity contribution in [3.8, 4) is 5.69 Å². The number of amides is 1. The normalized spacial score (nSPS) is 10.5. The van der Waals surface area contributed by atoms with Crippen LogP contribution in [0.25, 0.3) is 5.69 Å². The summed E-state index contributed by atoms with van der Waals surface area (Å²) in [6.07, 6.45) is 0. The lowest BCUT2D eigenvalue weighted by molar-refractivity contribution is -0.384. The number of para-hydroxylation sites is 2. The zero-order valence-corrected chi connectivity index (χ0v) is 15.0. The Morgan fingerprint density at radius 2 is 1.89 bits per heavy atom. The van der Waals surface area contributed by atoms with E-state index in [-0.39, 0.29) is 17.1 Å². The van der Waals surface area contributed by atoms with E-state index in [1.165, 1.54) is 30.3 Å². The fourth-order valence-corrected chi connectivity index (χ4v) is 2.66. The summed E-state index contributed by atoms with van der Waals surface area (Å²) in [5.74, 6) is -1.39. The number of nitro groups is 1. The highest BCUT2D eigenvalue weighted by molar-refractivity contribution is 6.03. The molecule has 142 valence electrons. The van der Waals surface area contributed by atoms with E-state index in [1.54, 1.807) is 19.9 Å². The first kappa shape index (κ1) is 18.9. The molecule has 28 heavy (non-hydrogen) atoms. The summed E-state index contributed by atoms with van der Waals surface area (Å²) in [7, 11) is 0. The Hall–Kier alpha value is -3.88. The fraction of sp³-hybridized carbons (Fsp3) is 0.105. The van der Waals surface area contributed by atoms with Crippen molar-refractivity contribution in [2.45, 2.75) is 13.8 Å². The molecule has 0 atom stereocenters. The lowest BCUT2D eigenvalue weighted by atomic mass is 10.2. The molecular formula is C19H15FN4O4. The molecule has 1 N–H and O–H groups in total. The second-order valence-electron chi connectivity index (χ2n) is 6.07. The summed E-state index contributed by atoms with van der Waals surface area (Å²) in [4.78, 5) is 35.6. The number of nitrogens with one attached hydrogen (secondary N) is 1. The summed E-state index contributed by atoms with van der Waals surface area (Å²) in [6.45, 7) is 3.22. The third-order valence-electron chi connectivity index (χ3n) is 4.08. The number of nitro benzene ring substituents is 1. The molecule has 0 aliphatic heterocycles. The van der Waals surface area contributed by atoms with Crippen LogP contribution in [0, 0.1) is 29.8 Å². The van der Waals surface area contributed by atoms with Gasteiger partial charge in [-0.25, -0.2) is 9.07 Å². The van der Waals surface area contributed by atoms with Gasteiger partial charge < -0.3 is 5.32 Å². The van der Waals surface area contributed by atoms with Crippen LogP contribution >= 0.6 is 0 Å². The SMILES string of the molecule is Cc1ccc(F)cc1NC(=O)c1nn(-c2ccccc2[N+](=O)[O-])c(C)cc1=O. The zero-order chi connectivity index (χ0) is 20.4. The van der Waals surface area contributed by atoms with E-state index < -0.39 is 27.8 Å². The third kappa shape index (κ3) is 3.63. The molecule has 3 aromatic rings. The average Bonchev–Trinajstić information content (AvgIpc) is 2.64. The molecule has 3 rings (SSSR count). The first-order chi connectivity index (χ1) is 13.3.